The lowest BCUT2D eigenvalue weighted by atomic mass is 10.1. The standard InChI is InChI=1S/C12H22O4S2/c1-9(2)5-11(13)15-7-17-18-8-16-12(14)6-10(3)4/h9-10H,5-8H2,1-4H3. The van der Waals surface area contributed by atoms with Crippen molar-refractivity contribution in [3.8, 4) is 0 Å². The molecule has 6 heteroatoms. The van der Waals surface area contributed by atoms with Crippen LogP contribution >= 0.6 is 21.6 Å². The Morgan fingerprint density at radius 3 is 1.44 bits per heavy atom. The van der Waals surface area contributed by atoms with E-state index in [-0.39, 0.29) is 23.8 Å². The summed E-state index contributed by atoms with van der Waals surface area (Å²) < 4.78 is 9.97. The molecule has 0 N–H and O–H groups in total. The molecule has 0 rings (SSSR count). The Hall–Kier alpha value is -0.360. The monoisotopic (exact) mass is 294 g/mol. The van der Waals surface area contributed by atoms with Gasteiger partial charge in [0.2, 0.25) is 0 Å². The molecule has 0 spiro atoms. The van der Waals surface area contributed by atoms with E-state index in [1.807, 2.05) is 27.7 Å². The Bertz CT molecular complexity index is 228. The number of rotatable bonds is 9. The average Bonchev–Trinajstić information content (AvgIpc) is 2.20. The van der Waals surface area contributed by atoms with Gasteiger partial charge in [-0.3, -0.25) is 9.59 Å². The lowest BCUT2D eigenvalue weighted by Crippen LogP contribution is -2.08. The van der Waals surface area contributed by atoms with Crippen LogP contribution in [0.1, 0.15) is 40.5 Å². The van der Waals surface area contributed by atoms with Gasteiger partial charge in [-0.05, 0) is 33.4 Å². The summed E-state index contributed by atoms with van der Waals surface area (Å²) >= 11 is 0. The predicted octanol–water partition coefficient (Wildman–Crippen LogP) is 3.46. The topological polar surface area (TPSA) is 52.6 Å². The molecule has 0 saturated carbocycles. The first-order valence-corrected chi connectivity index (χ1v) is 8.46. The summed E-state index contributed by atoms with van der Waals surface area (Å²) in [7, 11) is 2.73. The van der Waals surface area contributed by atoms with Crippen LogP contribution in [0.15, 0.2) is 0 Å². The van der Waals surface area contributed by atoms with Gasteiger partial charge in [0.1, 0.15) is 11.9 Å². The fourth-order valence-corrected chi connectivity index (χ4v) is 2.22. The first-order valence-electron chi connectivity index (χ1n) is 5.97. The first kappa shape index (κ1) is 17.6. The fourth-order valence-electron chi connectivity index (χ4n) is 1.03. The van der Waals surface area contributed by atoms with Crippen LogP contribution in [-0.2, 0) is 19.1 Å². The van der Waals surface area contributed by atoms with E-state index in [0.717, 1.165) is 0 Å². The molecule has 0 amide bonds. The van der Waals surface area contributed by atoms with Crippen molar-refractivity contribution in [3.63, 3.8) is 0 Å². The quantitative estimate of drug-likeness (QED) is 0.281. The average molecular weight is 294 g/mol. The minimum Gasteiger partial charge on any atom is -0.454 e. The van der Waals surface area contributed by atoms with Crippen molar-refractivity contribution in [1.82, 2.24) is 0 Å². The van der Waals surface area contributed by atoms with E-state index in [9.17, 15) is 9.59 Å². The van der Waals surface area contributed by atoms with Crippen LogP contribution in [0, 0.1) is 11.8 Å². The maximum atomic E-state index is 11.2. The van der Waals surface area contributed by atoms with Crippen molar-refractivity contribution >= 4 is 33.5 Å². The molecular weight excluding hydrogens is 272 g/mol. The van der Waals surface area contributed by atoms with Gasteiger partial charge >= 0.3 is 11.9 Å². The molecule has 0 aliphatic heterocycles. The molecule has 0 aromatic heterocycles. The third-order valence-corrected chi connectivity index (χ3v) is 3.44. The SMILES string of the molecule is CC(C)CC(=O)OCSSCOC(=O)CC(C)C. The maximum absolute atomic E-state index is 11.2. The molecule has 0 aliphatic carbocycles. The van der Waals surface area contributed by atoms with Crippen molar-refractivity contribution in [3.05, 3.63) is 0 Å². The van der Waals surface area contributed by atoms with E-state index in [2.05, 4.69) is 0 Å². The summed E-state index contributed by atoms with van der Waals surface area (Å²) in [5.41, 5.74) is 0. The Morgan fingerprint density at radius 2 is 1.17 bits per heavy atom. The molecule has 4 nitrogen and oxygen atoms in total. The first-order chi connectivity index (χ1) is 8.41. The highest BCUT2D eigenvalue weighted by atomic mass is 33.1. The van der Waals surface area contributed by atoms with Gasteiger partial charge in [-0.15, -0.1) is 0 Å². The van der Waals surface area contributed by atoms with Crippen LogP contribution in [0.4, 0.5) is 0 Å². The number of hydrogen-bond donors (Lipinski definition) is 0. The molecule has 0 aliphatic rings. The molecule has 18 heavy (non-hydrogen) atoms. The molecule has 106 valence electrons. The smallest absolute Gasteiger partial charge is 0.306 e. The van der Waals surface area contributed by atoms with Crippen molar-refractivity contribution in [2.75, 3.05) is 11.9 Å². The summed E-state index contributed by atoms with van der Waals surface area (Å²) in [5.74, 6) is 0.833. The normalized spacial score (nSPS) is 10.8. The summed E-state index contributed by atoms with van der Waals surface area (Å²) in [5, 5.41) is 0. The molecule has 0 atom stereocenters. The third-order valence-electron chi connectivity index (χ3n) is 1.77. The molecule has 0 radical (unpaired) electrons. The highest BCUT2D eigenvalue weighted by Crippen LogP contribution is 2.21. The summed E-state index contributed by atoms with van der Waals surface area (Å²) in [6.45, 7) is 7.88. The van der Waals surface area contributed by atoms with Crippen LogP contribution in [0.5, 0.6) is 0 Å². The zero-order chi connectivity index (χ0) is 14.0. The third kappa shape index (κ3) is 12.1. The van der Waals surface area contributed by atoms with Crippen molar-refractivity contribution in [2.45, 2.75) is 40.5 Å². The number of ether oxygens (including phenoxy) is 2. The summed E-state index contributed by atoms with van der Waals surface area (Å²) in [6.07, 6.45) is 0.878. The Kier molecular flexibility index (Phi) is 10.3. The van der Waals surface area contributed by atoms with Crippen LogP contribution in [0.3, 0.4) is 0 Å². The summed E-state index contributed by atoms with van der Waals surface area (Å²) in [4.78, 5) is 22.4. The van der Waals surface area contributed by atoms with E-state index in [0.29, 0.717) is 24.7 Å². The molecule has 0 aromatic rings. The van der Waals surface area contributed by atoms with Gasteiger partial charge in [0.25, 0.3) is 0 Å². The number of esters is 2. The predicted molar refractivity (Wildman–Crippen MR) is 76.0 cm³/mol. The van der Waals surface area contributed by atoms with Crippen LogP contribution in [0.2, 0.25) is 0 Å². The van der Waals surface area contributed by atoms with Crippen LogP contribution in [-0.4, -0.2) is 23.8 Å². The van der Waals surface area contributed by atoms with Crippen LogP contribution in [0.25, 0.3) is 0 Å². The Balaban J connectivity index is 3.36. The van der Waals surface area contributed by atoms with E-state index >= 15 is 0 Å². The van der Waals surface area contributed by atoms with Crippen LogP contribution < -0.4 is 0 Å². The molecular formula is C12H22O4S2. The minimum absolute atomic E-state index is 0.185. The zero-order valence-corrected chi connectivity index (χ0v) is 13.1. The highest BCUT2D eigenvalue weighted by Gasteiger charge is 2.07. The number of hydrogen-bond acceptors (Lipinski definition) is 6. The second-order valence-corrected chi connectivity index (χ2v) is 7.06. The van der Waals surface area contributed by atoms with E-state index in [1.54, 1.807) is 0 Å². The molecule has 0 bridgehead atoms. The van der Waals surface area contributed by atoms with Gasteiger partial charge in [-0.1, -0.05) is 27.7 Å². The van der Waals surface area contributed by atoms with Crippen molar-refractivity contribution in [1.29, 1.82) is 0 Å². The lowest BCUT2D eigenvalue weighted by molar-refractivity contribution is -0.143. The van der Waals surface area contributed by atoms with Gasteiger partial charge < -0.3 is 9.47 Å². The lowest BCUT2D eigenvalue weighted by Gasteiger charge is -2.07. The van der Waals surface area contributed by atoms with E-state index in [1.165, 1.54) is 21.6 Å². The fraction of sp³-hybridized carbons (Fsp3) is 0.833. The van der Waals surface area contributed by atoms with Gasteiger partial charge in [-0.2, -0.15) is 0 Å². The second-order valence-electron chi connectivity index (χ2n) is 4.70. The molecule has 0 saturated heterocycles. The van der Waals surface area contributed by atoms with Crippen molar-refractivity contribution < 1.29 is 19.1 Å². The highest BCUT2D eigenvalue weighted by molar-refractivity contribution is 8.76. The molecule has 0 aromatic carbocycles. The van der Waals surface area contributed by atoms with Gasteiger partial charge in [0, 0.05) is 12.8 Å². The van der Waals surface area contributed by atoms with Gasteiger partial charge in [0.05, 0.1) is 0 Å². The largest absolute Gasteiger partial charge is 0.454 e. The number of carbonyl (C=O) groups is 2. The zero-order valence-electron chi connectivity index (χ0n) is 11.4. The molecule has 0 heterocycles. The molecule has 0 unspecified atom stereocenters. The maximum Gasteiger partial charge on any atom is 0.306 e. The number of carbonyl (C=O) groups excluding carboxylic acids is 2. The van der Waals surface area contributed by atoms with Gasteiger partial charge in [-0.25, -0.2) is 0 Å². The van der Waals surface area contributed by atoms with E-state index in [4.69, 9.17) is 9.47 Å². The van der Waals surface area contributed by atoms with Crippen molar-refractivity contribution in [2.24, 2.45) is 11.8 Å². The molecule has 0 fully saturated rings. The van der Waals surface area contributed by atoms with E-state index < -0.39 is 0 Å². The van der Waals surface area contributed by atoms with Gasteiger partial charge in [0.15, 0.2) is 0 Å². The Morgan fingerprint density at radius 1 is 0.833 bits per heavy atom. The Labute approximate surface area is 117 Å². The second kappa shape index (κ2) is 10.6. The minimum atomic E-state index is -0.185. The summed E-state index contributed by atoms with van der Waals surface area (Å²) in [6, 6.07) is 0.